The van der Waals surface area contributed by atoms with Gasteiger partial charge in [-0.1, -0.05) is 47.0 Å². The molecule has 3 aromatic rings. The maximum Gasteiger partial charge on any atom is 0.264 e. The van der Waals surface area contributed by atoms with Gasteiger partial charge in [0.15, 0.2) is 0 Å². The van der Waals surface area contributed by atoms with Crippen molar-refractivity contribution in [1.82, 2.24) is 10.2 Å². The number of aryl methyl sites for hydroxylation is 1. The molecule has 0 heterocycles. The molecule has 11 heteroatoms. The third-order valence-electron chi connectivity index (χ3n) is 6.38. The van der Waals surface area contributed by atoms with Gasteiger partial charge in [-0.05, 0) is 90.1 Å². The maximum atomic E-state index is 14.1. The first-order valence-corrected chi connectivity index (χ1v) is 15.7. The third-order valence-corrected chi connectivity index (χ3v) is 8.88. The molecule has 3 aromatic carbocycles. The first kappa shape index (κ1) is 33.2. The summed E-state index contributed by atoms with van der Waals surface area (Å²) in [4.78, 5) is 28.7. The van der Waals surface area contributed by atoms with E-state index in [1.807, 2.05) is 34.6 Å². The van der Waals surface area contributed by atoms with Gasteiger partial charge >= 0.3 is 0 Å². The highest BCUT2D eigenvalue weighted by Crippen LogP contribution is 2.29. The van der Waals surface area contributed by atoms with Crippen LogP contribution >= 0.6 is 23.2 Å². The number of carbonyl (C=O) groups is 2. The van der Waals surface area contributed by atoms with E-state index in [-0.39, 0.29) is 17.1 Å². The van der Waals surface area contributed by atoms with Crippen molar-refractivity contribution < 1.29 is 22.7 Å². The first-order chi connectivity index (χ1) is 19.6. The quantitative estimate of drug-likeness (QED) is 0.270. The van der Waals surface area contributed by atoms with E-state index in [0.29, 0.717) is 28.0 Å². The number of amides is 2. The number of hydrogen-bond donors (Lipinski definition) is 1. The number of ether oxygens (including phenoxy) is 1. The molecular weight excluding hydrogens is 597 g/mol. The minimum Gasteiger partial charge on any atom is -0.494 e. The van der Waals surface area contributed by atoms with Crippen molar-refractivity contribution in [3.05, 3.63) is 87.9 Å². The van der Waals surface area contributed by atoms with Crippen LogP contribution in [0.3, 0.4) is 0 Å². The zero-order valence-electron chi connectivity index (χ0n) is 24.6. The minimum absolute atomic E-state index is 0.0222. The SMILES string of the molecule is CCOc1ccc(N(CC(=O)N(Cc2c(Cl)cccc2Cl)[C@H](C)C(=O)NC(C)(C)C)S(=O)(=O)c2ccc(C)cc2)cc1. The number of nitrogens with one attached hydrogen (secondary N) is 1. The molecule has 0 spiro atoms. The largest absolute Gasteiger partial charge is 0.494 e. The Morgan fingerprint density at radius 3 is 2.05 bits per heavy atom. The van der Waals surface area contributed by atoms with Gasteiger partial charge in [0.1, 0.15) is 18.3 Å². The van der Waals surface area contributed by atoms with Crippen molar-refractivity contribution in [3.8, 4) is 5.75 Å². The van der Waals surface area contributed by atoms with Crippen LogP contribution in [-0.4, -0.2) is 49.9 Å². The van der Waals surface area contributed by atoms with Gasteiger partial charge < -0.3 is 15.0 Å². The molecule has 0 aliphatic carbocycles. The van der Waals surface area contributed by atoms with Crippen LogP contribution in [0.1, 0.15) is 45.7 Å². The number of anilines is 1. The van der Waals surface area contributed by atoms with E-state index >= 15 is 0 Å². The summed E-state index contributed by atoms with van der Waals surface area (Å²) in [6.07, 6.45) is 0. The van der Waals surface area contributed by atoms with Crippen LogP contribution in [0.4, 0.5) is 5.69 Å². The van der Waals surface area contributed by atoms with E-state index in [2.05, 4.69) is 5.32 Å². The van der Waals surface area contributed by atoms with Crippen molar-refractivity contribution in [2.75, 3.05) is 17.5 Å². The van der Waals surface area contributed by atoms with E-state index in [0.717, 1.165) is 9.87 Å². The molecule has 3 rings (SSSR count). The topological polar surface area (TPSA) is 96.0 Å². The number of rotatable bonds is 11. The molecule has 0 fully saturated rings. The van der Waals surface area contributed by atoms with Crippen LogP contribution in [0, 0.1) is 6.92 Å². The molecule has 0 saturated heterocycles. The fraction of sp³-hybridized carbons (Fsp3) is 0.355. The van der Waals surface area contributed by atoms with E-state index in [4.69, 9.17) is 27.9 Å². The van der Waals surface area contributed by atoms with Gasteiger partial charge in [-0.15, -0.1) is 0 Å². The average molecular weight is 635 g/mol. The molecule has 0 radical (unpaired) electrons. The lowest BCUT2D eigenvalue weighted by molar-refractivity contribution is -0.140. The summed E-state index contributed by atoms with van der Waals surface area (Å²) in [7, 11) is -4.20. The molecule has 0 aromatic heterocycles. The van der Waals surface area contributed by atoms with Gasteiger partial charge in [0, 0.05) is 27.7 Å². The number of nitrogens with zero attached hydrogens (tertiary/aromatic N) is 2. The van der Waals surface area contributed by atoms with Crippen LogP contribution in [0.25, 0.3) is 0 Å². The zero-order valence-corrected chi connectivity index (χ0v) is 27.0. The highest BCUT2D eigenvalue weighted by molar-refractivity contribution is 7.92. The van der Waals surface area contributed by atoms with Crippen molar-refractivity contribution in [2.24, 2.45) is 0 Å². The molecule has 0 unspecified atom stereocenters. The first-order valence-electron chi connectivity index (χ1n) is 13.5. The summed E-state index contributed by atoms with van der Waals surface area (Å²) in [5.41, 5.74) is 1.03. The Hall–Kier alpha value is -3.27. The Labute approximate surface area is 258 Å². The second kappa shape index (κ2) is 13.8. The Morgan fingerprint density at radius 1 is 0.952 bits per heavy atom. The summed E-state index contributed by atoms with van der Waals surface area (Å²) in [6.45, 7) is 10.5. The van der Waals surface area contributed by atoms with Crippen molar-refractivity contribution in [1.29, 1.82) is 0 Å². The van der Waals surface area contributed by atoms with Gasteiger partial charge in [0.2, 0.25) is 11.8 Å². The van der Waals surface area contributed by atoms with Gasteiger partial charge in [-0.2, -0.15) is 0 Å². The minimum atomic E-state index is -4.20. The van der Waals surface area contributed by atoms with Crippen molar-refractivity contribution in [3.63, 3.8) is 0 Å². The normalized spacial score (nSPS) is 12.4. The number of carbonyl (C=O) groups excluding carboxylic acids is 2. The average Bonchev–Trinajstić information content (AvgIpc) is 2.91. The van der Waals surface area contributed by atoms with Crippen molar-refractivity contribution in [2.45, 2.75) is 64.6 Å². The standard InChI is InChI=1S/C31H37Cl2N3O5S/c1-7-41-24-15-13-23(14-16-24)36(42(39,40)25-17-11-21(2)12-18-25)20-29(37)35(22(3)30(38)34-31(4,5)6)19-26-27(32)9-8-10-28(26)33/h8-18,22H,7,19-20H2,1-6H3,(H,34,38)/t22-/m1/s1. The van der Waals surface area contributed by atoms with Crippen LogP contribution in [0.2, 0.25) is 10.0 Å². The molecule has 1 N–H and O–H groups in total. The highest BCUT2D eigenvalue weighted by atomic mass is 35.5. The van der Waals surface area contributed by atoms with Crippen molar-refractivity contribution >= 4 is 50.7 Å². The predicted molar refractivity (Wildman–Crippen MR) is 168 cm³/mol. The molecule has 0 aliphatic heterocycles. The lowest BCUT2D eigenvalue weighted by Gasteiger charge is -2.34. The van der Waals surface area contributed by atoms with E-state index < -0.39 is 40.0 Å². The fourth-order valence-corrected chi connectivity index (χ4v) is 6.08. The van der Waals surface area contributed by atoms with E-state index in [9.17, 15) is 18.0 Å². The Kier molecular flexibility index (Phi) is 10.9. The number of benzene rings is 3. The highest BCUT2D eigenvalue weighted by Gasteiger charge is 2.34. The summed E-state index contributed by atoms with van der Waals surface area (Å²) in [5, 5.41) is 3.53. The van der Waals surface area contributed by atoms with Gasteiger partial charge in [0.05, 0.1) is 17.2 Å². The molecule has 0 aliphatic rings. The van der Waals surface area contributed by atoms with Gasteiger partial charge in [0.25, 0.3) is 10.0 Å². The predicted octanol–water partition coefficient (Wildman–Crippen LogP) is 6.23. The summed E-state index contributed by atoms with van der Waals surface area (Å²) in [5.74, 6) is -0.470. The summed E-state index contributed by atoms with van der Waals surface area (Å²) < 4.78 is 34.5. The molecule has 2 amide bonds. The molecule has 0 saturated carbocycles. The Morgan fingerprint density at radius 2 is 1.52 bits per heavy atom. The molecule has 226 valence electrons. The van der Waals surface area contributed by atoms with E-state index in [1.54, 1.807) is 61.5 Å². The monoisotopic (exact) mass is 633 g/mol. The molecule has 42 heavy (non-hydrogen) atoms. The van der Waals surface area contributed by atoms with Crippen LogP contribution < -0.4 is 14.4 Å². The Bertz CT molecular complexity index is 1480. The number of hydrogen-bond acceptors (Lipinski definition) is 5. The Balaban J connectivity index is 2.08. The number of halogens is 2. The molecule has 0 bridgehead atoms. The maximum absolute atomic E-state index is 14.1. The van der Waals surface area contributed by atoms with Crippen LogP contribution in [0.15, 0.2) is 71.6 Å². The van der Waals surface area contributed by atoms with Crippen LogP contribution in [-0.2, 0) is 26.2 Å². The molecule has 1 atom stereocenters. The molecule has 8 nitrogen and oxygen atoms in total. The van der Waals surface area contributed by atoms with Gasteiger partial charge in [-0.3, -0.25) is 13.9 Å². The lowest BCUT2D eigenvalue weighted by atomic mass is 10.1. The smallest absolute Gasteiger partial charge is 0.264 e. The second-order valence-corrected chi connectivity index (χ2v) is 13.6. The summed E-state index contributed by atoms with van der Waals surface area (Å²) in [6, 6.07) is 16.8. The zero-order chi connectivity index (χ0) is 31.2. The fourth-order valence-electron chi connectivity index (χ4n) is 4.15. The lowest BCUT2D eigenvalue weighted by Crippen LogP contribution is -2.54. The van der Waals surface area contributed by atoms with Crippen LogP contribution in [0.5, 0.6) is 5.75 Å². The number of sulfonamides is 1. The molecular formula is C31H37Cl2N3O5S. The van der Waals surface area contributed by atoms with Gasteiger partial charge in [-0.25, -0.2) is 8.42 Å². The second-order valence-electron chi connectivity index (χ2n) is 10.9. The summed E-state index contributed by atoms with van der Waals surface area (Å²) >= 11 is 12.9. The third kappa shape index (κ3) is 8.40. The van der Waals surface area contributed by atoms with E-state index in [1.165, 1.54) is 17.0 Å².